The molecule has 1 atom stereocenters. The fourth-order valence-electron chi connectivity index (χ4n) is 1.89. The van der Waals surface area contributed by atoms with Crippen molar-refractivity contribution >= 4 is 0 Å². The van der Waals surface area contributed by atoms with E-state index in [9.17, 15) is 15.2 Å². The summed E-state index contributed by atoms with van der Waals surface area (Å²) in [6, 6.07) is 6.93. The largest absolute Gasteiger partial charge is 0.389 e. The van der Waals surface area contributed by atoms with Gasteiger partial charge < -0.3 is 15.3 Å². The van der Waals surface area contributed by atoms with E-state index in [0.29, 0.717) is 12.0 Å². The van der Waals surface area contributed by atoms with Crippen LogP contribution in [0.15, 0.2) is 36.9 Å². The van der Waals surface area contributed by atoms with E-state index in [0.717, 1.165) is 5.56 Å². The van der Waals surface area contributed by atoms with E-state index < -0.39 is 29.8 Å². The maximum atomic E-state index is 11.0. The number of nitro groups is 1. The van der Waals surface area contributed by atoms with Crippen molar-refractivity contribution in [3.63, 3.8) is 0 Å². The normalized spacial score (nSPS) is 12.9. The zero-order chi connectivity index (χ0) is 15.2. The van der Waals surface area contributed by atoms with Crippen molar-refractivity contribution in [2.45, 2.75) is 24.5 Å². The second-order valence-electron chi connectivity index (χ2n) is 4.75. The highest BCUT2D eigenvalue weighted by Gasteiger charge is 2.44. The Morgan fingerprint density at radius 2 is 1.85 bits per heavy atom. The molecule has 0 bridgehead atoms. The average Bonchev–Trinajstić information content (AvgIpc) is 2.45. The van der Waals surface area contributed by atoms with Crippen molar-refractivity contribution < 1.29 is 20.2 Å². The summed E-state index contributed by atoms with van der Waals surface area (Å²) in [4.78, 5) is 10.2. The van der Waals surface area contributed by atoms with E-state index in [1.165, 1.54) is 0 Å². The van der Waals surface area contributed by atoms with Crippen molar-refractivity contribution in [2.24, 2.45) is 0 Å². The molecule has 1 rings (SSSR count). The van der Waals surface area contributed by atoms with Crippen LogP contribution in [-0.4, -0.2) is 39.0 Å². The summed E-state index contributed by atoms with van der Waals surface area (Å²) in [5, 5.41) is 39.3. The summed E-state index contributed by atoms with van der Waals surface area (Å²) in [7, 11) is 0. The molecule has 6 nitrogen and oxygen atoms in total. The van der Waals surface area contributed by atoms with Crippen molar-refractivity contribution in [2.75, 3.05) is 13.2 Å². The standard InChI is InChI=1S/C14H19NO5/c1-2-3-11-4-6-12(7-5-11)13(18)8-14(9-16,10-17)15(19)20/h2,4-7,13,16-18H,1,3,8-10H2. The van der Waals surface area contributed by atoms with Gasteiger partial charge in [0.15, 0.2) is 0 Å². The van der Waals surface area contributed by atoms with Gasteiger partial charge in [0.2, 0.25) is 0 Å². The monoisotopic (exact) mass is 281 g/mol. The molecule has 0 saturated carbocycles. The van der Waals surface area contributed by atoms with Gasteiger partial charge in [-0.2, -0.15) is 0 Å². The molecular formula is C14H19NO5. The van der Waals surface area contributed by atoms with Gasteiger partial charge in [0.1, 0.15) is 13.2 Å². The molecule has 110 valence electrons. The number of rotatable bonds is 8. The Morgan fingerprint density at radius 3 is 2.25 bits per heavy atom. The number of benzene rings is 1. The summed E-state index contributed by atoms with van der Waals surface area (Å²) >= 11 is 0. The van der Waals surface area contributed by atoms with E-state index in [4.69, 9.17) is 10.2 Å². The fourth-order valence-corrected chi connectivity index (χ4v) is 1.89. The maximum Gasteiger partial charge on any atom is 0.270 e. The molecule has 1 unspecified atom stereocenters. The Labute approximate surface area is 117 Å². The molecule has 1 aromatic rings. The van der Waals surface area contributed by atoms with Crippen LogP contribution < -0.4 is 0 Å². The van der Waals surface area contributed by atoms with Gasteiger partial charge in [0, 0.05) is 4.92 Å². The molecule has 0 spiro atoms. The van der Waals surface area contributed by atoms with Crippen LogP contribution in [0.4, 0.5) is 0 Å². The lowest BCUT2D eigenvalue weighted by Crippen LogP contribution is -2.47. The minimum atomic E-state index is -1.93. The number of hydrogen-bond acceptors (Lipinski definition) is 5. The quantitative estimate of drug-likeness (QED) is 0.372. The second-order valence-corrected chi connectivity index (χ2v) is 4.75. The van der Waals surface area contributed by atoms with Crippen molar-refractivity contribution in [3.8, 4) is 0 Å². The molecule has 1 aromatic carbocycles. The lowest BCUT2D eigenvalue weighted by Gasteiger charge is -2.23. The minimum absolute atomic E-state index is 0.353. The molecule has 20 heavy (non-hydrogen) atoms. The zero-order valence-corrected chi connectivity index (χ0v) is 11.1. The highest BCUT2D eigenvalue weighted by molar-refractivity contribution is 5.25. The van der Waals surface area contributed by atoms with Crippen LogP contribution >= 0.6 is 0 Å². The number of nitrogens with zero attached hydrogens (tertiary/aromatic N) is 1. The van der Waals surface area contributed by atoms with Crippen LogP contribution in [0.5, 0.6) is 0 Å². The lowest BCUT2D eigenvalue weighted by molar-refractivity contribution is -0.580. The Balaban J connectivity index is 2.86. The predicted octanol–water partition coefficient (Wildman–Crippen LogP) is 0.839. The van der Waals surface area contributed by atoms with E-state index in [1.807, 2.05) is 0 Å². The van der Waals surface area contributed by atoms with Crippen molar-refractivity contribution in [1.29, 1.82) is 0 Å². The maximum absolute atomic E-state index is 11.0. The van der Waals surface area contributed by atoms with Crippen LogP contribution in [-0.2, 0) is 6.42 Å². The Hall–Kier alpha value is -1.76. The smallest absolute Gasteiger partial charge is 0.270 e. The molecule has 3 N–H and O–H groups in total. The fraction of sp³-hybridized carbons (Fsp3) is 0.429. The third kappa shape index (κ3) is 3.63. The summed E-state index contributed by atoms with van der Waals surface area (Å²) in [6.07, 6.45) is 0.967. The first-order valence-corrected chi connectivity index (χ1v) is 6.23. The lowest BCUT2D eigenvalue weighted by atomic mass is 9.91. The molecule has 0 heterocycles. The summed E-state index contributed by atoms with van der Waals surface area (Å²) in [5.74, 6) is 0. The zero-order valence-electron chi connectivity index (χ0n) is 11.1. The van der Waals surface area contributed by atoms with E-state index in [1.54, 1.807) is 30.3 Å². The van der Waals surface area contributed by atoms with Gasteiger partial charge in [0.25, 0.3) is 5.54 Å². The van der Waals surface area contributed by atoms with Crippen LogP contribution in [0.2, 0.25) is 0 Å². The van der Waals surface area contributed by atoms with Crippen molar-refractivity contribution in [1.82, 2.24) is 0 Å². The van der Waals surface area contributed by atoms with Gasteiger partial charge >= 0.3 is 0 Å². The minimum Gasteiger partial charge on any atom is -0.389 e. The molecular weight excluding hydrogens is 262 g/mol. The van der Waals surface area contributed by atoms with Gasteiger partial charge in [-0.15, -0.1) is 6.58 Å². The topological polar surface area (TPSA) is 104 Å². The first-order valence-electron chi connectivity index (χ1n) is 6.23. The second kappa shape index (κ2) is 7.14. The van der Waals surface area contributed by atoms with Gasteiger partial charge in [-0.1, -0.05) is 30.3 Å². The van der Waals surface area contributed by atoms with Gasteiger partial charge in [-0.05, 0) is 17.5 Å². The van der Waals surface area contributed by atoms with Crippen molar-refractivity contribution in [3.05, 3.63) is 58.2 Å². The Bertz CT molecular complexity index is 453. The molecule has 0 fully saturated rings. The summed E-state index contributed by atoms with van der Waals surface area (Å²) in [5.41, 5.74) is -0.411. The Kier molecular flexibility index (Phi) is 5.82. The number of allylic oxidation sites excluding steroid dienone is 1. The first-order chi connectivity index (χ1) is 9.49. The molecule has 6 heteroatoms. The molecule has 0 aliphatic carbocycles. The third-order valence-electron chi connectivity index (χ3n) is 3.29. The summed E-state index contributed by atoms with van der Waals surface area (Å²) < 4.78 is 0. The van der Waals surface area contributed by atoms with Crippen LogP contribution in [0.1, 0.15) is 23.7 Å². The molecule has 0 radical (unpaired) electrons. The van der Waals surface area contributed by atoms with E-state index in [-0.39, 0.29) is 6.42 Å². The SMILES string of the molecule is C=CCc1ccc(C(O)CC(CO)(CO)[N+](=O)[O-])cc1. The van der Waals surface area contributed by atoms with Crippen LogP contribution in [0.25, 0.3) is 0 Å². The van der Waals surface area contributed by atoms with Gasteiger partial charge in [-0.3, -0.25) is 10.1 Å². The molecule has 0 aliphatic heterocycles. The number of aliphatic hydroxyl groups excluding tert-OH is 3. The molecule has 0 aromatic heterocycles. The number of aliphatic hydroxyl groups is 3. The highest BCUT2D eigenvalue weighted by Crippen LogP contribution is 2.26. The Morgan fingerprint density at radius 1 is 1.30 bits per heavy atom. The first kappa shape index (κ1) is 16.3. The van der Waals surface area contributed by atoms with Gasteiger partial charge in [0.05, 0.1) is 12.5 Å². The molecule has 0 saturated heterocycles. The molecule has 0 aliphatic rings. The average molecular weight is 281 g/mol. The van der Waals surface area contributed by atoms with E-state index in [2.05, 4.69) is 6.58 Å². The van der Waals surface area contributed by atoms with Crippen LogP contribution in [0.3, 0.4) is 0 Å². The van der Waals surface area contributed by atoms with E-state index >= 15 is 0 Å². The third-order valence-corrected chi connectivity index (χ3v) is 3.29. The highest BCUT2D eigenvalue weighted by atomic mass is 16.6. The van der Waals surface area contributed by atoms with Gasteiger partial charge in [-0.25, -0.2) is 0 Å². The molecule has 0 amide bonds. The van der Waals surface area contributed by atoms with Crippen LogP contribution in [0, 0.1) is 10.1 Å². The number of hydrogen-bond donors (Lipinski definition) is 3. The predicted molar refractivity (Wildman–Crippen MR) is 73.8 cm³/mol. The summed E-state index contributed by atoms with van der Waals surface area (Å²) in [6.45, 7) is 1.96.